The lowest BCUT2D eigenvalue weighted by atomic mass is 10.1. The Balaban J connectivity index is 1.76. The van der Waals surface area contributed by atoms with Gasteiger partial charge >= 0.3 is 12.1 Å². The van der Waals surface area contributed by atoms with Crippen molar-refractivity contribution in [3.05, 3.63) is 59.2 Å². The van der Waals surface area contributed by atoms with E-state index in [0.29, 0.717) is 23.7 Å². The highest BCUT2D eigenvalue weighted by Crippen LogP contribution is 2.21. The van der Waals surface area contributed by atoms with Gasteiger partial charge in [0.1, 0.15) is 11.5 Å². The van der Waals surface area contributed by atoms with E-state index in [9.17, 15) is 9.59 Å². The summed E-state index contributed by atoms with van der Waals surface area (Å²) in [7, 11) is 1.68. The molecule has 29 heavy (non-hydrogen) atoms. The zero-order valence-corrected chi connectivity index (χ0v) is 17.2. The number of rotatable bonds is 10. The number of hydrogen-bond donors (Lipinski definition) is 0. The maximum absolute atomic E-state index is 12.3. The quantitative estimate of drug-likeness (QED) is 0.235. The van der Waals surface area contributed by atoms with Crippen LogP contribution >= 0.6 is 0 Å². The lowest BCUT2D eigenvalue weighted by molar-refractivity contribution is 0.0733. The minimum absolute atomic E-state index is 0.304. The third-order valence-corrected chi connectivity index (χ3v) is 4.29. The predicted molar refractivity (Wildman–Crippen MR) is 110 cm³/mol. The summed E-state index contributed by atoms with van der Waals surface area (Å²) in [5.74, 6) is 0.351. The van der Waals surface area contributed by atoms with Gasteiger partial charge in [0.15, 0.2) is 0 Å². The van der Waals surface area contributed by atoms with Crippen LogP contribution in [-0.2, 0) is 9.47 Å². The molecule has 0 unspecified atom stereocenters. The fraction of sp³-hybridized carbons (Fsp3) is 0.391. The van der Waals surface area contributed by atoms with Gasteiger partial charge in [0, 0.05) is 13.7 Å². The standard InChI is InChI=1S/C23H28O6/c1-17-8-13-21(18(2)16-17)29-22(24)19-9-11-20(12-10-19)28-23(25)27-15-7-5-4-6-14-26-3/h8-13,16H,4-7,14-15H2,1-3H3. The van der Waals surface area contributed by atoms with Crippen LogP contribution in [0.2, 0.25) is 0 Å². The van der Waals surface area contributed by atoms with Gasteiger partial charge in [-0.1, -0.05) is 24.1 Å². The van der Waals surface area contributed by atoms with Crippen LogP contribution in [0.3, 0.4) is 0 Å². The predicted octanol–water partition coefficient (Wildman–Crippen LogP) is 5.24. The van der Waals surface area contributed by atoms with Crippen molar-refractivity contribution in [2.45, 2.75) is 39.5 Å². The van der Waals surface area contributed by atoms with Gasteiger partial charge in [-0.25, -0.2) is 9.59 Å². The Morgan fingerprint density at radius 1 is 0.828 bits per heavy atom. The van der Waals surface area contributed by atoms with Crippen molar-refractivity contribution < 1.29 is 28.5 Å². The number of aryl methyl sites for hydroxylation is 2. The molecule has 0 N–H and O–H groups in total. The van der Waals surface area contributed by atoms with E-state index >= 15 is 0 Å². The average Bonchev–Trinajstić information content (AvgIpc) is 2.70. The van der Waals surface area contributed by atoms with E-state index in [0.717, 1.165) is 43.4 Å². The number of benzene rings is 2. The first-order valence-electron chi connectivity index (χ1n) is 9.72. The van der Waals surface area contributed by atoms with Gasteiger partial charge in [-0.05, 0) is 69.0 Å². The lowest BCUT2D eigenvalue weighted by Crippen LogP contribution is -2.12. The minimum atomic E-state index is -0.757. The van der Waals surface area contributed by atoms with Crippen LogP contribution in [-0.4, -0.2) is 32.4 Å². The van der Waals surface area contributed by atoms with Crippen molar-refractivity contribution in [2.24, 2.45) is 0 Å². The molecule has 0 bridgehead atoms. The molecule has 0 atom stereocenters. The molecule has 6 nitrogen and oxygen atoms in total. The molecule has 2 aromatic rings. The van der Waals surface area contributed by atoms with Gasteiger partial charge < -0.3 is 18.9 Å². The van der Waals surface area contributed by atoms with Crippen LogP contribution in [0.5, 0.6) is 11.5 Å². The highest BCUT2D eigenvalue weighted by atomic mass is 16.7. The molecule has 0 aliphatic heterocycles. The van der Waals surface area contributed by atoms with Crippen LogP contribution in [0.25, 0.3) is 0 Å². The van der Waals surface area contributed by atoms with Crippen LogP contribution in [0.15, 0.2) is 42.5 Å². The molecule has 0 saturated heterocycles. The Labute approximate surface area is 171 Å². The van der Waals surface area contributed by atoms with E-state index in [1.807, 2.05) is 26.0 Å². The minimum Gasteiger partial charge on any atom is -0.434 e. The highest BCUT2D eigenvalue weighted by molar-refractivity contribution is 5.91. The van der Waals surface area contributed by atoms with Gasteiger partial charge in [0.05, 0.1) is 12.2 Å². The molecule has 0 aromatic heterocycles. The van der Waals surface area contributed by atoms with E-state index in [-0.39, 0.29) is 0 Å². The molecular formula is C23H28O6. The third kappa shape index (κ3) is 7.95. The molecule has 156 valence electrons. The molecule has 0 heterocycles. The number of carbonyl (C=O) groups excluding carboxylic acids is 2. The normalized spacial score (nSPS) is 10.4. The number of carbonyl (C=O) groups is 2. The zero-order valence-electron chi connectivity index (χ0n) is 17.2. The average molecular weight is 400 g/mol. The summed E-state index contributed by atoms with van der Waals surface area (Å²) in [4.78, 5) is 24.0. The first kappa shape index (κ1) is 22.4. The van der Waals surface area contributed by atoms with Gasteiger partial charge in [-0.2, -0.15) is 0 Å². The fourth-order valence-corrected chi connectivity index (χ4v) is 2.71. The fourth-order valence-electron chi connectivity index (χ4n) is 2.71. The summed E-state index contributed by atoms with van der Waals surface area (Å²) in [6, 6.07) is 11.8. The topological polar surface area (TPSA) is 71.1 Å². The van der Waals surface area contributed by atoms with Gasteiger partial charge in [0.25, 0.3) is 0 Å². The number of methoxy groups -OCH3 is 1. The monoisotopic (exact) mass is 400 g/mol. The second kappa shape index (κ2) is 11.9. The lowest BCUT2D eigenvalue weighted by Gasteiger charge is -2.09. The van der Waals surface area contributed by atoms with Crippen molar-refractivity contribution >= 4 is 12.1 Å². The van der Waals surface area contributed by atoms with E-state index in [2.05, 4.69) is 0 Å². The van der Waals surface area contributed by atoms with Crippen molar-refractivity contribution in [1.29, 1.82) is 0 Å². The van der Waals surface area contributed by atoms with Crippen LogP contribution < -0.4 is 9.47 Å². The van der Waals surface area contributed by atoms with Gasteiger partial charge in [0.2, 0.25) is 0 Å². The second-order valence-corrected chi connectivity index (χ2v) is 6.79. The molecule has 0 radical (unpaired) electrons. The van der Waals surface area contributed by atoms with Crippen LogP contribution in [0.4, 0.5) is 4.79 Å². The molecule has 0 saturated carbocycles. The third-order valence-electron chi connectivity index (χ3n) is 4.29. The summed E-state index contributed by atoms with van der Waals surface area (Å²) in [5, 5.41) is 0. The Bertz CT molecular complexity index is 798. The molecule has 0 amide bonds. The molecular weight excluding hydrogens is 372 g/mol. The zero-order chi connectivity index (χ0) is 21.1. The van der Waals surface area contributed by atoms with Crippen LogP contribution in [0.1, 0.15) is 47.2 Å². The molecule has 6 heteroatoms. The Kier molecular flexibility index (Phi) is 9.18. The summed E-state index contributed by atoms with van der Waals surface area (Å²) >= 11 is 0. The van der Waals surface area contributed by atoms with Gasteiger partial charge in [-0.3, -0.25) is 0 Å². The van der Waals surface area contributed by atoms with Gasteiger partial charge in [-0.15, -0.1) is 0 Å². The molecule has 0 fully saturated rings. The maximum atomic E-state index is 12.3. The van der Waals surface area contributed by atoms with Crippen molar-refractivity contribution in [3.8, 4) is 11.5 Å². The summed E-state index contributed by atoms with van der Waals surface area (Å²) < 4.78 is 20.6. The van der Waals surface area contributed by atoms with Crippen molar-refractivity contribution in [2.75, 3.05) is 20.3 Å². The van der Waals surface area contributed by atoms with E-state index in [4.69, 9.17) is 18.9 Å². The maximum Gasteiger partial charge on any atom is 0.513 e. The Hall–Kier alpha value is -2.86. The number of esters is 1. The molecule has 0 aliphatic carbocycles. The largest absolute Gasteiger partial charge is 0.513 e. The van der Waals surface area contributed by atoms with E-state index in [1.54, 1.807) is 25.3 Å². The van der Waals surface area contributed by atoms with E-state index < -0.39 is 12.1 Å². The summed E-state index contributed by atoms with van der Waals surface area (Å²) in [5.41, 5.74) is 2.35. The molecule has 0 spiro atoms. The molecule has 2 aromatic carbocycles. The summed E-state index contributed by atoms with van der Waals surface area (Å²) in [6.07, 6.45) is 3.02. The second-order valence-electron chi connectivity index (χ2n) is 6.79. The van der Waals surface area contributed by atoms with Crippen molar-refractivity contribution in [3.63, 3.8) is 0 Å². The molecule has 0 aliphatic rings. The Morgan fingerprint density at radius 2 is 1.52 bits per heavy atom. The molecule has 2 rings (SSSR count). The Morgan fingerprint density at radius 3 is 2.17 bits per heavy atom. The number of hydrogen-bond acceptors (Lipinski definition) is 6. The first-order chi connectivity index (χ1) is 14.0. The SMILES string of the molecule is COCCCCCCOC(=O)Oc1ccc(C(=O)Oc2ccc(C)cc2C)cc1. The van der Waals surface area contributed by atoms with Crippen LogP contribution in [0, 0.1) is 13.8 Å². The van der Waals surface area contributed by atoms with Crippen molar-refractivity contribution in [1.82, 2.24) is 0 Å². The smallest absolute Gasteiger partial charge is 0.434 e. The highest BCUT2D eigenvalue weighted by Gasteiger charge is 2.12. The number of unbranched alkanes of at least 4 members (excludes halogenated alkanes) is 3. The first-order valence-corrected chi connectivity index (χ1v) is 9.72. The number of ether oxygens (including phenoxy) is 4. The van der Waals surface area contributed by atoms with E-state index in [1.165, 1.54) is 12.1 Å². The summed E-state index contributed by atoms with van der Waals surface area (Å²) in [6.45, 7) is 4.92.